The molecule has 5 aliphatic heterocycles. The van der Waals surface area contributed by atoms with E-state index in [1.165, 1.54) is 0 Å². The van der Waals surface area contributed by atoms with Crippen molar-refractivity contribution in [2.24, 2.45) is 11.8 Å². The molecule has 5 heterocycles. The van der Waals surface area contributed by atoms with E-state index < -0.39 is 59.7 Å². The Balaban J connectivity index is 1.32. The molecule has 0 aromatic heterocycles. The molecule has 2 aromatic rings. The van der Waals surface area contributed by atoms with Crippen LogP contribution in [0.4, 0.5) is 0 Å². The number of ketones is 1. The third-order valence-electron chi connectivity index (χ3n) is 9.67. The summed E-state index contributed by atoms with van der Waals surface area (Å²) in [6.45, 7) is 9.49. The van der Waals surface area contributed by atoms with Gasteiger partial charge >= 0.3 is 5.97 Å². The van der Waals surface area contributed by atoms with Crippen molar-refractivity contribution in [1.29, 1.82) is 0 Å². The first kappa shape index (κ1) is 26.6. The maximum Gasteiger partial charge on any atom is 0.312 e. The summed E-state index contributed by atoms with van der Waals surface area (Å²) in [5.74, 6) is -2.05. The first-order valence-electron chi connectivity index (χ1n) is 14.5. The van der Waals surface area contributed by atoms with E-state index in [0.717, 1.165) is 22.1 Å². The largest absolute Gasteiger partial charge is 0.466 e. The third kappa shape index (κ3) is 3.47. The van der Waals surface area contributed by atoms with E-state index in [0.29, 0.717) is 11.4 Å². The Morgan fingerprint density at radius 1 is 0.976 bits per heavy atom. The molecule has 5 fully saturated rings. The van der Waals surface area contributed by atoms with Gasteiger partial charge in [0.15, 0.2) is 23.6 Å². The van der Waals surface area contributed by atoms with Crippen LogP contribution in [0.2, 0.25) is 0 Å². The quantitative estimate of drug-likeness (QED) is 0.499. The SMILES string of the molecule is CCOC(=O)[C@@H]1[C@@H]([C@H]2O[C@@H]3OC(C)(C)O[C@@H]3[C@H]3OC(C)(C)O[C@H]32)C2CSCN2[C@@]12C(=O)c1cccc3cccc2c13. The van der Waals surface area contributed by atoms with Crippen molar-refractivity contribution in [3.8, 4) is 0 Å². The van der Waals surface area contributed by atoms with Crippen molar-refractivity contribution < 1.29 is 38.0 Å². The fourth-order valence-corrected chi connectivity index (χ4v) is 9.85. The van der Waals surface area contributed by atoms with Crippen molar-refractivity contribution in [3.63, 3.8) is 0 Å². The third-order valence-corrected chi connectivity index (χ3v) is 10.7. The van der Waals surface area contributed by atoms with Crippen molar-refractivity contribution >= 4 is 34.3 Å². The fraction of sp³-hybridized carbons (Fsp3) is 0.613. The van der Waals surface area contributed by atoms with Crippen LogP contribution in [0.1, 0.15) is 50.5 Å². The van der Waals surface area contributed by atoms with Crippen LogP contribution in [0.15, 0.2) is 36.4 Å². The lowest BCUT2D eigenvalue weighted by Crippen LogP contribution is -2.60. The molecule has 41 heavy (non-hydrogen) atoms. The van der Waals surface area contributed by atoms with Gasteiger partial charge in [0, 0.05) is 29.2 Å². The number of carbonyl (C=O) groups excluding carboxylic acids is 2. The van der Waals surface area contributed by atoms with Gasteiger partial charge in [-0.05, 0) is 51.0 Å². The molecule has 218 valence electrons. The second-order valence-corrected chi connectivity index (χ2v) is 13.8. The molecule has 1 aliphatic carbocycles. The summed E-state index contributed by atoms with van der Waals surface area (Å²) in [4.78, 5) is 31.3. The Bertz CT molecular complexity index is 1460. The van der Waals surface area contributed by atoms with Gasteiger partial charge in [0.25, 0.3) is 0 Å². The summed E-state index contributed by atoms with van der Waals surface area (Å²) < 4.78 is 38.0. The van der Waals surface area contributed by atoms with Crippen LogP contribution in [-0.2, 0) is 38.8 Å². The molecule has 9 nitrogen and oxygen atoms in total. The Kier molecular flexibility index (Phi) is 5.67. The summed E-state index contributed by atoms with van der Waals surface area (Å²) in [5.41, 5.74) is 0.326. The molecular formula is C31H35NO8S. The van der Waals surface area contributed by atoms with Gasteiger partial charge in [-0.2, -0.15) is 0 Å². The summed E-state index contributed by atoms with van der Waals surface area (Å²) in [6.07, 6.45) is -2.77. The standard InChI is InChI=1S/C31H35NO8S/c1-6-35-27(34)21-20(22-23-24(38-29(2,3)37-23)25-28(36-22)40-30(4,5)39-25)18-13-41-14-32(18)31(21)17-12-8-10-15-9-7-11-16(19(15)17)26(31)33/h7-12,18,20-25,28H,6,13-14H2,1-5H3/t18?,20-,21-,22+,23-,24-,25+,28+,31+/m0/s1. The second kappa shape index (κ2) is 8.75. The van der Waals surface area contributed by atoms with Gasteiger partial charge < -0.3 is 28.4 Å². The summed E-state index contributed by atoms with van der Waals surface area (Å²) in [6, 6.07) is 11.7. The van der Waals surface area contributed by atoms with Crippen LogP contribution in [0, 0.1) is 11.8 Å². The Hall–Kier alpha value is -2.05. The molecule has 0 saturated carbocycles. The predicted octanol–water partition coefficient (Wildman–Crippen LogP) is 3.81. The highest BCUT2D eigenvalue weighted by molar-refractivity contribution is 7.99. The Labute approximate surface area is 243 Å². The monoisotopic (exact) mass is 581 g/mol. The number of benzene rings is 2. The highest BCUT2D eigenvalue weighted by atomic mass is 32.2. The predicted molar refractivity (Wildman–Crippen MR) is 149 cm³/mol. The minimum absolute atomic E-state index is 0.0481. The molecule has 9 atom stereocenters. The number of fused-ring (bicyclic) bond motifs is 6. The van der Waals surface area contributed by atoms with Crippen molar-refractivity contribution in [2.45, 2.75) is 88.5 Å². The van der Waals surface area contributed by atoms with Gasteiger partial charge in [-0.25, -0.2) is 0 Å². The van der Waals surface area contributed by atoms with E-state index in [1.807, 2.05) is 64.1 Å². The van der Waals surface area contributed by atoms with E-state index in [9.17, 15) is 9.59 Å². The topological polar surface area (TPSA) is 92.8 Å². The molecule has 8 rings (SSSR count). The maximum atomic E-state index is 14.8. The number of hydrogen-bond acceptors (Lipinski definition) is 10. The molecule has 0 N–H and O–H groups in total. The van der Waals surface area contributed by atoms with E-state index in [1.54, 1.807) is 18.7 Å². The first-order valence-corrected chi connectivity index (χ1v) is 15.7. The van der Waals surface area contributed by atoms with Gasteiger partial charge in [-0.15, -0.1) is 11.8 Å². The smallest absolute Gasteiger partial charge is 0.312 e. The number of thioether (sulfide) groups is 1. The van der Waals surface area contributed by atoms with Crippen LogP contribution >= 0.6 is 11.8 Å². The number of carbonyl (C=O) groups is 2. The first-order chi connectivity index (χ1) is 19.6. The Morgan fingerprint density at radius 2 is 1.66 bits per heavy atom. The van der Waals surface area contributed by atoms with E-state index >= 15 is 0 Å². The van der Waals surface area contributed by atoms with E-state index in [-0.39, 0.29) is 24.4 Å². The Morgan fingerprint density at radius 3 is 2.41 bits per heavy atom. The molecule has 2 aromatic carbocycles. The van der Waals surface area contributed by atoms with Crippen LogP contribution < -0.4 is 0 Å². The number of hydrogen-bond donors (Lipinski definition) is 0. The lowest BCUT2D eigenvalue weighted by atomic mass is 9.70. The van der Waals surface area contributed by atoms with E-state index in [4.69, 9.17) is 28.4 Å². The molecule has 0 amide bonds. The molecule has 1 spiro atoms. The number of ether oxygens (including phenoxy) is 6. The van der Waals surface area contributed by atoms with E-state index in [2.05, 4.69) is 4.90 Å². The van der Waals surface area contributed by atoms with Crippen molar-refractivity contribution in [2.75, 3.05) is 18.2 Å². The van der Waals surface area contributed by atoms with Gasteiger partial charge in [-0.3, -0.25) is 14.5 Å². The van der Waals surface area contributed by atoms with Crippen LogP contribution in [0.5, 0.6) is 0 Å². The normalized spacial score (nSPS) is 41.6. The lowest BCUT2D eigenvalue weighted by Gasteiger charge is -2.43. The second-order valence-electron chi connectivity index (χ2n) is 12.8. The maximum absolute atomic E-state index is 14.8. The molecule has 6 aliphatic rings. The van der Waals surface area contributed by atoms with Gasteiger partial charge in [0.05, 0.1) is 18.6 Å². The molecule has 1 unspecified atom stereocenters. The average molecular weight is 582 g/mol. The summed E-state index contributed by atoms with van der Waals surface area (Å²) in [5, 5.41) is 1.91. The number of nitrogens with zero attached hydrogens (tertiary/aromatic N) is 1. The van der Waals surface area contributed by atoms with Gasteiger partial charge in [0.1, 0.15) is 23.9 Å². The molecule has 0 bridgehead atoms. The number of Topliss-reactive ketones (excluding diaryl/α,β-unsaturated/α-hetero) is 1. The van der Waals surface area contributed by atoms with Gasteiger partial charge in [0.2, 0.25) is 0 Å². The highest BCUT2D eigenvalue weighted by Crippen LogP contribution is 2.62. The van der Waals surface area contributed by atoms with Crippen LogP contribution in [0.25, 0.3) is 10.8 Å². The fourth-order valence-electron chi connectivity index (χ4n) is 8.51. The van der Waals surface area contributed by atoms with Crippen LogP contribution in [0.3, 0.4) is 0 Å². The zero-order valence-corrected chi connectivity index (χ0v) is 24.6. The zero-order chi connectivity index (χ0) is 28.5. The van der Waals surface area contributed by atoms with Crippen molar-refractivity contribution in [3.05, 3.63) is 47.5 Å². The van der Waals surface area contributed by atoms with Crippen molar-refractivity contribution in [1.82, 2.24) is 4.90 Å². The minimum atomic E-state index is -1.20. The molecule has 10 heteroatoms. The summed E-state index contributed by atoms with van der Waals surface area (Å²) >= 11 is 1.77. The number of esters is 1. The highest BCUT2D eigenvalue weighted by Gasteiger charge is 2.74. The zero-order valence-electron chi connectivity index (χ0n) is 23.8. The molecule has 5 saturated heterocycles. The van der Waals surface area contributed by atoms with Gasteiger partial charge in [-0.1, -0.05) is 36.4 Å². The number of rotatable bonds is 3. The minimum Gasteiger partial charge on any atom is -0.466 e. The molecule has 0 radical (unpaired) electrons. The lowest BCUT2D eigenvalue weighted by molar-refractivity contribution is -0.249. The molecular weight excluding hydrogens is 546 g/mol. The van der Waals surface area contributed by atoms with Crippen LogP contribution in [-0.4, -0.2) is 83.2 Å². The summed E-state index contributed by atoms with van der Waals surface area (Å²) in [7, 11) is 0. The average Bonchev–Trinajstić information content (AvgIpc) is 3.69.